The number of carbonyl (C=O) groups is 2. The van der Waals surface area contributed by atoms with Gasteiger partial charge in [-0.2, -0.15) is 5.10 Å². The lowest BCUT2D eigenvalue weighted by molar-refractivity contribution is -0.122. The fraction of sp³-hybridized carbons (Fsp3) is 0.560. The maximum absolute atomic E-state index is 13.2. The molecule has 0 aliphatic carbocycles. The summed E-state index contributed by atoms with van der Waals surface area (Å²) in [6.07, 6.45) is 2.66. The highest BCUT2D eigenvalue weighted by Gasteiger charge is 2.37. The van der Waals surface area contributed by atoms with Gasteiger partial charge < -0.3 is 10.2 Å². The number of anilines is 2. The highest BCUT2D eigenvalue weighted by molar-refractivity contribution is 7.91. The van der Waals surface area contributed by atoms with Crippen LogP contribution < -0.4 is 10.2 Å². The quantitative estimate of drug-likeness (QED) is 0.674. The Morgan fingerprint density at radius 1 is 1.21 bits per heavy atom. The Kier molecular flexibility index (Phi) is 6.59. The van der Waals surface area contributed by atoms with E-state index < -0.39 is 15.8 Å². The Bertz CT molecular complexity index is 1180. The topological polar surface area (TPSA) is 101 Å². The van der Waals surface area contributed by atoms with E-state index in [1.165, 1.54) is 5.56 Å². The minimum absolute atomic E-state index is 0.0187. The van der Waals surface area contributed by atoms with Crippen LogP contribution >= 0.6 is 0 Å². The molecule has 0 radical (unpaired) electrons. The number of benzene rings is 1. The third-order valence-corrected chi connectivity index (χ3v) is 8.34. The molecule has 2 fully saturated rings. The standard InChI is InChI=1S/C25H34N4O4S/c1-5-6-17-7-9-19(10-8-17)28-15-18(13-23(28)30)24(31)26-22-14-21(25(2,3)4)27-29(22)20-11-12-34(32,33)16-20/h7-10,14,18,20H,5-6,11-13,15-16H2,1-4H3,(H,26,31). The van der Waals surface area contributed by atoms with Gasteiger partial charge in [0.1, 0.15) is 5.82 Å². The largest absolute Gasteiger partial charge is 0.312 e. The minimum atomic E-state index is -3.11. The zero-order chi connectivity index (χ0) is 24.7. The number of nitrogens with one attached hydrogen (secondary N) is 1. The zero-order valence-electron chi connectivity index (χ0n) is 20.4. The molecule has 9 heteroatoms. The monoisotopic (exact) mass is 486 g/mol. The third kappa shape index (κ3) is 5.19. The molecule has 1 aromatic heterocycles. The minimum Gasteiger partial charge on any atom is -0.312 e. The van der Waals surface area contributed by atoms with Crippen LogP contribution in [-0.4, -0.2) is 48.1 Å². The van der Waals surface area contributed by atoms with E-state index in [9.17, 15) is 18.0 Å². The molecule has 34 heavy (non-hydrogen) atoms. The van der Waals surface area contributed by atoms with Crippen LogP contribution in [0.25, 0.3) is 0 Å². The van der Waals surface area contributed by atoms with Gasteiger partial charge in [-0.1, -0.05) is 46.2 Å². The predicted octanol–water partition coefficient (Wildman–Crippen LogP) is 3.48. The number of hydrogen-bond donors (Lipinski definition) is 1. The van der Waals surface area contributed by atoms with E-state index in [-0.39, 0.29) is 41.2 Å². The zero-order valence-corrected chi connectivity index (χ0v) is 21.2. The van der Waals surface area contributed by atoms with Gasteiger partial charge in [0.2, 0.25) is 11.8 Å². The van der Waals surface area contributed by atoms with Crippen molar-refractivity contribution in [3.8, 4) is 0 Å². The summed E-state index contributed by atoms with van der Waals surface area (Å²) in [7, 11) is -3.11. The lowest BCUT2D eigenvalue weighted by Crippen LogP contribution is -2.29. The molecule has 3 heterocycles. The van der Waals surface area contributed by atoms with Gasteiger partial charge in [0, 0.05) is 30.1 Å². The summed E-state index contributed by atoms with van der Waals surface area (Å²) in [6.45, 7) is 8.51. The molecule has 0 bridgehead atoms. The van der Waals surface area contributed by atoms with Gasteiger partial charge in [0.25, 0.3) is 0 Å². The molecule has 184 valence electrons. The molecule has 2 aliphatic rings. The second-order valence-electron chi connectivity index (χ2n) is 10.5. The molecule has 2 amide bonds. The molecule has 0 saturated carbocycles. The van der Waals surface area contributed by atoms with Gasteiger partial charge in [0.15, 0.2) is 9.84 Å². The third-order valence-electron chi connectivity index (χ3n) is 6.59. The first-order valence-corrected chi connectivity index (χ1v) is 13.8. The molecule has 2 aliphatic heterocycles. The van der Waals surface area contributed by atoms with Crippen molar-refractivity contribution in [1.82, 2.24) is 9.78 Å². The lowest BCUT2D eigenvalue weighted by Gasteiger charge is -2.18. The van der Waals surface area contributed by atoms with Gasteiger partial charge in [-0.25, -0.2) is 13.1 Å². The van der Waals surface area contributed by atoms with Crippen molar-refractivity contribution in [2.24, 2.45) is 5.92 Å². The Labute approximate surface area is 201 Å². The van der Waals surface area contributed by atoms with Gasteiger partial charge in [-0.05, 0) is 30.5 Å². The predicted molar refractivity (Wildman–Crippen MR) is 133 cm³/mol. The molecule has 1 aromatic carbocycles. The number of carbonyl (C=O) groups excluding carboxylic acids is 2. The van der Waals surface area contributed by atoms with Crippen LogP contribution in [0.2, 0.25) is 0 Å². The first-order chi connectivity index (χ1) is 16.0. The molecule has 4 rings (SSSR count). The van der Waals surface area contributed by atoms with Gasteiger partial charge in [0.05, 0.1) is 29.2 Å². The summed E-state index contributed by atoms with van der Waals surface area (Å²) in [6, 6.07) is 9.45. The summed E-state index contributed by atoms with van der Waals surface area (Å²) in [5.41, 5.74) is 2.55. The smallest absolute Gasteiger partial charge is 0.230 e. The number of rotatable bonds is 6. The van der Waals surface area contributed by atoms with E-state index in [1.54, 1.807) is 9.58 Å². The van der Waals surface area contributed by atoms with Crippen molar-refractivity contribution in [2.75, 3.05) is 28.3 Å². The summed E-state index contributed by atoms with van der Waals surface area (Å²) >= 11 is 0. The van der Waals surface area contributed by atoms with Crippen LogP contribution in [0.4, 0.5) is 11.5 Å². The maximum Gasteiger partial charge on any atom is 0.230 e. The Morgan fingerprint density at radius 2 is 1.91 bits per heavy atom. The molecule has 2 saturated heterocycles. The normalized spacial score (nSPS) is 22.4. The molecule has 1 N–H and O–H groups in total. The van der Waals surface area contributed by atoms with Crippen LogP contribution in [0.1, 0.15) is 64.3 Å². The molecule has 0 spiro atoms. The number of aromatic nitrogens is 2. The van der Waals surface area contributed by atoms with Crippen LogP contribution in [0.3, 0.4) is 0 Å². The van der Waals surface area contributed by atoms with E-state index in [0.29, 0.717) is 18.8 Å². The molecule has 8 nitrogen and oxygen atoms in total. The summed E-state index contributed by atoms with van der Waals surface area (Å²) in [5.74, 6) is -0.178. The molecular formula is C25H34N4O4S. The Hall–Kier alpha value is -2.68. The van der Waals surface area contributed by atoms with Crippen molar-refractivity contribution in [2.45, 2.75) is 64.8 Å². The number of aryl methyl sites for hydroxylation is 1. The van der Waals surface area contributed by atoms with Crippen molar-refractivity contribution >= 4 is 33.2 Å². The fourth-order valence-corrected chi connectivity index (χ4v) is 6.29. The van der Waals surface area contributed by atoms with Gasteiger partial charge in [-0.3, -0.25) is 9.59 Å². The Balaban J connectivity index is 1.51. The van der Waals surface area contributed by atoms with Crippen molar-refractivity contribution in [1.29, 1.82) is 0 Å². The number of hydrogen-bond acceptors (Lipinski definition) is 5. The summed E-state index contributed by atoms with van der Waals surface area (Å²) < 4.78 is 25.8. The molecule has 2 aromatic rings. The summed E-state index contributed by atoms with van der Waals surface area (Å²) in [5, 5.41) is 7.63. The SMILES string of the molecule is CCCc1ccc(N2CC(C(=O)Nc3cc(C(C)(C)C)nn3C3CCS(=O)(=O)C3)CC2=O)cc1. The number of amides is 2. The van der Waals surface area contributed by atoms with Crippen LogP contribution in [-0.2, 0) is 31.3 Å². The average molecular weight is 487 g/mol. The highest BCUT2D eigenvalue weighted by Crippen LogP contribution is 2.32. The second-order valence-corrected chi connectivity index (χ2v) is 12.7. The lowest BCUT2D eigenvalue weighted by atomic mass is 9.92. The molecule has 2 unspecified atom stereocenters. The average Bonchev–Trinajstić information content (AvgIpc) is 3.45. The highest BCUT2D eigenvalue weighted by atomic mass is 32.2. The van der Waals surface area contributed by atoms with Gasteiger partial charge >= 0.3 is 0 Å². The van der Waals surface area contributed by atoms with E-state index in [1.807, 2.05) is 51.1 Å². The first-order valence-electron chi connectivity index (χ1n) is 12.0. The first kappa shape index (κ1) is 24.4. The summed E-state index contributed by atoms with van der Waals surface area (Å²) in [4.78, 5) is 27.5. The van der Waals surface area contributed by atoms with E-state index in [0.717, 1.165) is 24.2 Å². The van der Waals surface area contributed by atoms with Crippen molar-refractivity contribution < 1.29 is 18.0 Å². The van der Waals surface area contributed by atoms with Crippen LogP contribution in [0.15, 0.2) is 30.3 Å². The number of nitrogens with zero attached hydrogens (tertiary/aromatic N) is 3. The molecular weight excluding hydrogens is 452 g/mol. The van der Waals surface area contributed by atoms with Crippen molar-refractivity contribution in [3.63, 3.8) is 0 Å². The Morgan fingerprint density at radius 3 is 2.50 bits per heavy atom. The number of sulfone groups is 1. The van der Waals surface area contributed by atoms with E-state index in [4.69, 9.17) is 0 Å². The fourth-order valence-electron chi connectivity index (χ4n) is 4.59. The molecule has 2 atom stereocenters. The second kappa shape index (κ2) is 9.17. The van der Waals surface area contributed by atoms with Crippen LogP contribution in [0.5, 0.6) is 0 Å². The van der Waals surface area contributed by atoms with Crippen LogP contribution in [0, 0.1) is 5.92 Å². The van der Waals surface area contributed by atoms with Crippen molar-refractivity contribution in [3.05, 3.63) is 41.6 Å². The van der Waals surface area contributed by atoms with E-state index >= 15 is 0 Å². The van der Waals surface area contributed by atoms with Gasteiger partial charge in [-0.15, -0.1) is 0 Å². The maximum atomic E-state index is 13.2. The van der Waals surface area contributed by atoms with E-state index in [2.05, 4.69) is 17.3 Å².